The van der Waals surface area contributed by atoms with Crippen LogP contribution in [0, 0.1) is 0 Å². The first-order valence-electron chi connectivity index (χ1n) is 9.41. The van der Waals surface area contributed by atoms with Crippen LogP contribution in [0.1, 0.15) is 27.8 Å². The normalized spacial score (nSPS) is 10.5. The largest absolute Gasteiger partial charge is 0.493 e. The molecule has 0 bridgehead atoms. The summed E-state index contributed by atoms with van der Waals surface area (Å²) in [6, 6.07) is 13.2. The van der Waals surface area contributed by atoms with Crippen LogP contribution in [-0.4, -0.2) is 59.7 Å². The van der Waals surface area contributed by atoms with E-state index in [1.165, 1.54) is 37.1 Å². The first-order chi connectivity index (χ1) is 14.9. The third-order valence-corrected chi connectivity index (χ3v) is 4.51. The summed E-state index contributed by atoms with van der Waals surface area (Å²) < 4.78 is 16.8. The number of para-hydroxylation sites is 1. The van der Waals surface area contributed by atoms with E-state index in [2.05, 4.69) is 5.10 Å². The highest BCUT2D eigenvalue weighted by atomic mass is 16.5. The highest BCUT2D eigenvalue weighted by molar-refractivity contribution is 6.58. The third kappa shape index (κ3) is 4.30. The van der Waals surface area contributed by atoms with Crippen molar-refractivity contribution in [2.75, 3.05) is 20.8 Å². The second kappa shape index (κ2) is 9.46. The fraction of sp³-hybridized carbons (Fsp3) is 0.190. The molecule has 0 unspecified atom stereocenters. The number of carbonyl (C=O) groups excluding carboxylic acids is 2. The number of methoxy groups -OCH3 is 2. The Kier molecular flexibility index (Phi) is 6.73. The maximum atomic E-state index is 12.8. The van der Waals surface area contributed by atoms with Gasteiger partial charge in [0, 0.05) is 5.56 Å². The molecule has 0 amide bonds. The van der Waals surface area contributed by atoms with Crippen LogP contribution in [0.15, 0.2) is 48.5 Å². The lowest BCUT2D eigenvalue weighted by Crippen LogP contribution is -2.29. The van der Waals surface area contributed by atoms with Crippen LogP contribution in [-0.2, 0) is 9.47 Å². The van der Waals surface area contributed by atoms with Gasteiger partial charge >= 0.3 is 19.1 Å². The van der Waals surface area contributed by atoms with Gasteiger partial charge in [-0.2, -0.15) is 5.10 Å². The maximum Gasteiger partial charge on any atom is 0.488 e. The summed E-state index contributed by atoms with van der Waals surface area (Å²) in [5, 5.41) is 23.8. The van der Waals surface area contributed by atoms with Gasteiger partial charge < -0.3 is 24.3 Å². The zero-order valence-electron chi connectivity index (χ0n) is 17.2. The Hall–Kier alpha value is -3.63. The van der Waals surface area contributed by atoms with Crippen molar-refractivity contribution in [3.8, 4) is 22.7 Å². The molecule has 2 aromatic carbocycles. The molecule has 0 aliphatic carbocycles. The van der Waals surface area contributed by atoms with Crippen molar-refractivity contribution in [3.05, 3.63) is 59.8 Å². The number of esters is 2. The fourth-order valence-corrected chi connectivity index (χ4v) is 3.12. The summed E-state index contributed by atoms with van der Waals surface area (Å²) in [7, 11) is 0.622. The molecule has 0 aliphatic heterocycles. The van der Waals surface area contributed by atoms with Crippen molar-refractivity contribution >= 4 is 24.5 Å². The minimum absolute atomic E-state index is 0.0713. The van der Waals surface area contributed by atoms with Gasteiger partial charge in [-0.25, -0.2) is 14.3 Å². The Morgan fingerprint density at radius 3 is 2.29 bits per heavy atom. The topological polar surface area (TPSA) is 120 Å². The zero-order chi connectivity index (χ0) is 22.5. The Labute approximate surface area is 178 Å². The van der Waals surface area contributed by atoms with Gasteiger partial charge in [-0.15, -0.1) is 0 Å². The van der Waals surface area contributed by atoms with Crippen molar-refractivity contribution < 1.29 is 33.8 Å². The van der Waals surface area contributed by atoms with Crippen molar-refractivity contribution in [2.45, 2.75) is 6.92 Å². The molecular formula is C21H21BN2O7. The number of nitrogens with zero attached hydrogens (tertiary/aromatic N) is 2. The Morgan fingerprint density at radius 1 is 1.03 bits per heavy atom. The van der Waals surface area contributed by atoms with Gasteiger partial charge in [-0.1, -0.05) is 24.3 Å². The molecule has 160 valence electrons. The molecule has 0 radical (unpaired) electrons. The average molecular weight is 424 g/mol. The lowest BCUT2D eigenvalue weighted by Gasteiger charge is -2.11. The molecule has 2 N–H and O–H groups in total. The van der Waals surface area contributed by atoms with E-state index < -0.39 is 19.1 Å². The lowest BCUT2D eigenvalue weighted by atomic mass is 9.79. The molecule has 0 fully saturated rings. The van der Waals surface area contributed by atoms with E-state index in [1.807, 2.05) is 0 Å². The second-order valence-electron chi connectivity index (χ2n) is 6.37. The maximum absolute atomic E-state index is 12.8. The smallest absolute Gasteiger partial charge is 0.488 e. The minimum atomic E-state index is -1.76. The molecule has 31 heavy (non-hydrogen) atoms. The summed E-state index contributed by atoms with van der Waals surface area (Å²) in [5.41, 5.74) is 0.755. The summed E-state index contributed by atoms with van der Waals surface area (Å²) in [5.74, 6) is -1.26. The van der Waals surface area contributed by atoms with E-state index in [4.69, 9.17) is 14.2 Å². The highest BCUT2D eigenvalue weighted by Crippen LogP contribution is 2.34. The average Bonchev–Trinajstić information content (AvgIpc) is 3.19. The summed E-state index contributed by atoms with van der Waals surface area (Å²) in [6.45, 7) is 2.09. The van der Waals surface area contributed by atoms with E-state index in [1.54, 1.807) is 37.3 Å². The predicted octanol–water partition coefficient (Wildman–Crippen LogP) is 1.19. The first kappa shape index (κ1) is 22.1. The molecule has 0 saturated heterocycles. The van der Waals surface area contributed by atoms with Crippen LogP contribution in [0.3, 0.4) is 0 Å². The molecule has 3 rings (SSSR count). The molecule has 1 aromatic heterocycles. The fourth-order valence-electron chi connectivity index (χ4n) is 3.12. The van der Waals surface area contributed by atoms with Crippen LogP contribution in [0.2, 0.25) is 0 Å². The number of hydrogen-bond donors (Lipinski definition) is 2. The van der Waals surface area contributed by atoms with Crippen LogP contribution in [0.25, 0.3) is 16.9 Å². The van der Waals surface area contributed by atoms with E-state index >= 15 is 0 Å². The number of ether oxygens (including phenoxy) is 3. The summed E-state index contributed by atoms with van der Waals surface area (Å²) in [4.78, 5) is 25.4. The number of carbonyl (C=O) groups is 2. The quantitative estimate of drug-likeness (QED) is 0.429. The molecule has 0 atom stereocenters. The van der Waals surface area contributed by atoms with Gasteiger partial charge in [0.05, 0.1) is 26.5 Å². The van der Waals surface area contributed by atoms with Crippen molar-refractivity contribution in [3.63, 3.8) is 0 Å². The third-order valence-electron chi connectivity index (χ3n) is 4.51. The van der Waals surface area contributed by atoms with Crippen molar-refractivity contribution in [2.24, 2.45) is 0 Å². The molecule has 0 aliphatic rings. The summed E-state index contributed by atoms with van der Waals surface area (Å²) >= 11 is 0. The van der Waals surface area contributed by atoms with Crippen LogP contribution < -0.4 is 10.2 Å². The Bertz CT molecular complexity index is 1100. The number of benzene rings is 2. The minimum Gasteiger partial charge on any atom is -0.493 e. The Morgan fingerprint density at radius 2 is 1.71 bits per heavy atom. The Balaban J connectivity index is 2.40. The van der Waals surface area contributed by atoms with E-state index in [-0.39, 0.29) is 28.0 Å². The molecule has 3 aromatic rings. The zero-order valence-corrected chi connectivity index (χ0v) is 17.2. The molecule has 10 heteroatoms. The van der Waals surface area contributed by atoms with Gasteiger partial charge in [0.1, 0.15) is 17.0 Å². The van der Waals surface area contributed by atoms with Gasteiger partial charge in [-0.3, -0.25) is 0 Å². The SMILES string of the molecule is CCOc1ccc(B(O)O)cc1-c1nn(-c2ccccc2)c(C(=O)OC)c1C(=O)OC. The molecule has 9 nitrogen and oxygen atoms in total. The van der Waals surface area contributed by atoms with Crippen LogP contribution in [0.4, 0.5) is 0 Å². The molecular weight excluding hydrogens is 403 g/mol. The number of aromatic nitrogens is 2. The molecule has 0 saturated carbocycles. The highest BCUT2D eigenvalue weighted by Gasteiger charge is 2.33. The van der Waals surface area contributed by atoms with Crippen LogP contribution >= 0.6 is 0 Å². The van der Waals surface area contributed by atoms with Gasteiger partial charge in [0.2, 0.25) is 0 Å². The van der Waals surface area contributed by atoms with Gasteiger partial charge in [0.25, 0.3) is 0 Å². The molecule has 1 heterocycles. The number of rotatable bonds is 7. The predicted molar refractivity (Wildman–Crippen MR) is 113 cm³/mol. The number of hydrogen-bond acceptors (Lipinski definition) is 8. The molecule has 0 spiro atoms. The van der Waals surface area contributed by atoms with E-state index in [9.17, 15) is 19.6 Å². The summed E-state index contributed by atoms with van der Waals surface area (Å²) in [6.07, 6.45) is 0. The monoisotopic (exact) mass is 424 g/mol. The van der Waals surface area contributed by atoms with Crippen LogP contribution in [0.5, 0.6) is 5.75 Å². The van der Waals surface area contributed by atoms with E-state index in [0.717, 1.165) is 0 Å². The van der Waals surface area contributed by atoms with Crippen molar-refractivity contribution in [1.82, 2.24) is 9.78 Å². The van der Waals surface area contributed by atoms with E-state index in [0.29, 0.717) is 18.0 Å². The van der Waals surface area contributed by atoms with Crippen molar-refractivity contribution in [1.29, 1.82) is 0 Å². The lowest BCUT2D eigenvalue weighted by molar-refractivity contribution is 0.0549. The second-order valence-corrected chi connectivity index (χ2v) is 6.37. The van der Waals surface area contributed by atoms with Gasteiger partial charge in [0.15, 0.2) is 5.69 Å². The first-order valence-corrected chi connectivity index (χ1v) is 9.41. The standard InChI is InChI=1S/C21H21BN2O7/c1-4-31-16-11-10-13(22(27)28)12-15(16)18-17(20(25)29-2)19(21(26)30-3)24(23-18)14-8-6-5-7-9-14/h5-12,27-28H,4H2,1-3H3. The van der Waals surface area contributed by atoms with Gasteiger partial charge in [-0.05, 0) is 36.7 Å².